The van der Waals surface area contributed by atoms with Crippen LogP contribution in [0.15, 0.2) is 42.5 Å². The number of unbranched alkanes of at least 4 members (excludes halogenated alkanes) is 1. The molecule has 31 heavy (non-hydrogen) atoms. The van der Waals surface area contributed by atoms with Gasteiger partial charge in [-0.05, 0) is 48.2 Å². The fourth-order valence-corrected chi connectivity index (χ4v) is 4.68. The van der Waals surface area contributed by atoms with Gasteiger partial charge in [-0.3, -0.25) is 9.10 Å². The Bertz CT molecular complexity index is 959. The first kappa shape index (κ1) is 25.5. The van der Waals surface area contributed by atoms with E-state index in [1.54, 1.807) is 42.5 Å². The highest BCUT2D eigenvalue weighted by Gasteiger charge is 2.19. The SMILES string of the molecule is CCCC[C@H](CC)CNC(=O)c1ccc(CN(c2cc(Cl)cc(Cl)c2)S(C)(=O)=O)cc1. The van der Waals surface area contributed by atoms with Crippen LogP contribution in [0, 0.1) is 5.92 Å². The molecule has 0 saturated carbocycles. The average molecular weight is 485 g/mol. The van der Waals surface area contributed by atoms with Crippen LogP contribution in [0.4, 0.5) is 5.69 Å². The van der Waals surface area contributed by atoms with Gasteiger partial charge in [-0.1, -0.05) is 68.4 Å². The summed E-state index contributed by atoms with van der Waals surface area (Å²) in [6.07, 6.45) is 5.59. The Labute approximate surface area is 195 Å². The highest BCUT2D eigenvalue weighted by atomic mass is 35.5. The second kappa shape index (κ2) is 11.7. The van der Waals surface area contributed by atoms with Gasteiger partial charge in [-0.2, -0.15) is 0 Å². The maximum atomic E-state index is 12.5. The van der Waals surface area contributed by atoms with E-state index in [2.05, 4.69) is 19.2 Å². The second-order valence-corrected chi connectivity index (χ2v) is 10.5. The Kier molecular flexibility index (Phi) is 9.66. The van der Waals surface area contributed by atoms with Gasteiger partial charge in [0.15, 0.2) is 0 Å². The highest BCUT2D eigenvalue weighted by molar-refractivity contribution is 7.92. The number of hydrogen-bond acceptors (Lipinski definition) is 3. The highest BCUT2D eigenvalue weighted by Crippen LogP contribution is 2.28. The smallest absolute Gasteiger partial charge is 0.251 e. The van der Waals surface area contributed by atoms with Crippen molar-refractivity contribution in [2.75, 3.05) is 17.1 Å². The number of sulfonamides is 1. The zero-order valence-corrected chi connectivity index (χ0v) is 20.5. The van der Waals surface area contributed by atoms with Crippen molar-refractivity contribution in [3.63, 3.8) is 0 Å². The molecule has 2 aromatic rings. The van der Waals surface area contributed by atoms with E-state index in [1.165, 1.54) is 4.31 Å². The van der Waals surface area contributed by atoms with Gasteiger partial charge in [0.1, 0.15) is 0 Å². The zero-order chi connectivity index (χ0) is 23.0. The van der Waals surface area contributed by atoms with E-state index in [1.807, 2.05) is 0 Å². The summed E-state index contributed by atoms with van der Waals surface area (Å²) in [5.41, 5.74) is 1.68. The summed E-state index contributed by atoms with van der Waals surface area (Å²) < 4.78 is 26.0. The quantitative estimate of drug-likeness (QED) is 0.431. The molecule has 0 fully saturated rings. The minimum absolute atomic E-state index is 0.104. The van der Waals surface area contributed by atoms with E-state index in [0.717, 1.165) is 37.5 Å². The van der Waals surface area contributed by atoms with Crippen molar-refractivity contribution in [2.45, 2.75) is 46.1 Å². The maximum absolute atomic E-state index is 12.5. The molecule has 2 rings (SSSR count). The molecule has 170 valence electrons. The number of nitrogens with one attached hydrogen (secondary N) is 1. The summed E-state index contributed by atoms with van der Waals surface area (Å²) >= 11 is 12.1. The number of carbonyl (C=O) groups is 1. The topological polar surface area (TPSA) is 66.5 Å². The zero-order valence-electron chi connectivity index (χ0n) is 18.2. The fraction of sp³-hybridized carbons (Fsp3) is 0.435. The van der Waals surface area contributed by atoms with Crippen LogP contribution in [-0.4, -0.2) is 27.1 Å². The number of halogens is 2. The van der Waals surface area contributed by atoms with E-state index in [4.69, 9.17) is 23.2 Å². The molecule has 0 heterocycles. The minimum Gasteiger partial charge on any atom is -0.352 e. The third-order valence-electron chi connectivity index (χ3n) is 5.17. The van der Waals surface area contributed by atoms with Crippen LogP contribution in [-0.2, 0) is 16.6 Å². The molecule has 0 aliphatic carbocycles. The summed E-state index contributed by atoms with van der Waals surface area (Å²) in [6, 6.07) is 11.6. The summed E-state index contributed by atoms with van der Waals surface area (Å²) in [4.78, 5) is 12.5. The molecular weight excluding hydrogens is 455 g/mol. The van der Waals surface area contributed by atoms with Crippen molar-refractivity contribution in [3.8, 4) is 0 Å². The number of nitrogens with zero attached hydrogens (tertiary/aromatic N) is 1. The molecule has 0 aromatic heterocycles. The number of amides is 1. The van der Waals surface area contributed by atoms with Crippen LogP contribution >= 0.6 is 23.2 Å². The van der Waals surface area contributed by atoms with Crippen LogP contribution in [0.25, 0.3) is 0 Å². The molecule has 2 aromatic carbocycles. The van der Waals surface area contributed by atoms with Crippen molar-refractivity contribution in [3.05, 3.63) is 63.6 Å². The van der Waals surface area contributed by atoms with Gasteiger partial charge in [-0.25, -0.2) is 8.42 Å². The molecule has 5 nitrogen and oxygen atoms in total. The van der Waals surface area contributed by atoms with Crippen LogP contribution in [0.2, 0.25) is 10.0 Å². The number of benzene rings is 2. The van der Waals surface area contributed by atoms with Crippen molar-refractivity contribution < 1.29 is 13.2 Å². The molecule has 0 bridgehead atoms. The van der Waals surface area contributed by atoms with Gasteiger partial charge in [0.2, 0.25) is 10.0 Å². The van der Waals surface area contributed by atoms with Crippen LogP contribution in [0.3, 0.4) is 0 Å². The number of carbonyl (C=O) groups excluding carboxylic acids is 1. The van der Waals surface area contributed by atoms with Crippen LogP contribution < -0.4 is 9.62 Å². The van der Waals surface area contributed by atoms with Gasteiger partial charge in [0, 0.05) is 22.2 Å². The number of rotatable bonds is 11. The first-order valence-electron chi connectivity index (χ1n) is 10.4. The summed E-state index contributed by atoms with van der Waals surface area (Å²) in [5.74, 6) is 0.360. The first-order chi connectivity index (χ1) is 14.6. The van der Waals surface area contributed by atoms with Gasteiger partial charge >= 0.3 is 0 Å². The van der Waals surface area contributed by atoms with E-state index < -0.39 is 10.0 Å². The lowest BCUT2D eigenvalue weighted by atomic mass is 9.99. The monoisotopic (exact) mass is 484 g/mol. The molecule has 0 aliphatic heterocycles. The molecule has 0 radical (unpaired) electrons. The van der Waals surface area contributed by atoms with Crippen molar-refractivity contribution in [1.82, 2.24) is 5.32 Å². The molecular formula is C23H30Cl2N2O3S. The predicted octanol–water partition coefficient (Wildman–Crippen LogP) is 5.91. The lowest BCUT2D eigenvalue weighted by Gasteiger charge is -2.23. The first-order valence-corrected chi connectivity index (χ1v) is 13.0. The lowest BCUT2D eigenvalue weighted by Crippen LogP contribution is -2.30. The normalized spacial score (nSPS) is 12.4. The molecule has 0 aliphatic rings. The molecule has 1 atom stereocenters. The Morgan fingerprint density at radius 3 is 2.19 bits per heavy atom. The van der Waals surface area contributed by atoms with E-state index in [-0.39, 0.29) is 12.5 Å². The molecule has 0 unspecified atom stereocenters. The third kappa shape index (κ3) is 8.02. The maximum Gasteiger partial charge on any atom is 0.251 e. The Morgan fingerprint density at radius 1 is 1.06 bits per heavy atom. The molecule has 1 N–H and O–H groups in total. The van der Waals surface area contributed by atoms with Crippen LogP contribution in [0.5, 0.6) is 0 Å². The van der Waals surface area contributed by atoms with E-state index in [0.29, 0.717) is 33.8 Å². The number of anilines is 1. The predicted molar refractivity (Wildman–Crippen MR) is 130 cm³/mol. The molecule has 0 saturated heterocycles. The van der Waals surface area contributed by atoms with Crippen LogP contribution in [0.1, 0.15) is 55.5 Å². The summed E-state index contributed by atoms with van der Waals surface area (Å²) in [6.45, 7) is 5.07. The minimum atomic E-state index is -3.57. The largest absolute Gasteiger partial charge is 0.352 e. The lowest BCUT2D eigenvalue weighted by molar-refractivity contribution is 0.0946. The van der Waals surface area contributed by atoms with Gasteiger partial charge in [0.25, 0.3) is 5.91 Å². The van der Waals surface area contributed by atoms with Crippen molar-refractivity contribution >= 4 is 44.8 Å². The molecule has 8 heteroatoms. The Morgan fingerprint density at radius 2 is 1.68 bits per heavy atom. The average Bonchev–Trinajstić information content (AvgIpc) is 2.70. The Balaban J connectivity index is 2.09. The second-order valence-electron chi connectivity index (χ2n) is 7.72. The fourth-order valence-electron chi connectivity index (χ4n) is 3.29. The van der Waals surface area contributed by atoms with Gasteiger partial charge in [-0.15, -0.1) is 0 Å². The summed E-state index contributed by atoms with van der Waals surface area (Å²) in [5, 5.41) is 3.72. The molecule has 0 spiro atoms. The summed E-state index contributed by atoms with van der Waals surface area (Å²) in [7, 11) is -3.57. The Hall–Kier alpha value is -1.76. The van der Waals surface area contributed by atoms with Crippen molar-refractivity contribution in [1.29, 1.82) is 0 Å². The van der Waals surface area contributed by atoms with E-state index >= 15 is 0 Å². The molecule has 1 amide bonds. The standard InChI is InChI=1S/C23H30Cl2N2O3S/c1-4-6-7-17(5-2)15-26-23(28)19-10-8-18(9-11-19)16-27(31(3,29)30)22-13-20(24)12-21(25)14-22/h8-14,17H,4-7,15-16H2,1-3H3,(H,26,28)/t17-/m0/s1. The van der Waals surface area contributed by atoms with E-state index in [9.17, 15) is 13.2 Å². The van der Waals surface area contributed by atoms with Gasteiger partial charge in [0.05, 0.1) is 18.5 Å². The van der Waals surface area contributed by atoms with Crippen molar-refractivity contribution in [2.24, 2.45) is 5.92 Å². The number of hydrogen-bond donors (Lipinski definition) is 1. The van der Waals surface area contributed by atoms with Gasteiger partial charge < -0.3 is 5.32 Å². The third-order valence-corrected chi connectivity index (χ3v) is 6.75.